The molecular formula is C19H18F3N3O2S2. The highest BCUT2D eigenvalue weighted by molar-refractivity contribution is 7.84. The Morgan fingerprint density at radius 1 is 1.07 bits per heavy atom. The summed E-state index contributed by atoms with van der Waals surface area (Å²) in [5, 5.41) is 2.92. The lowest BCUT2D eigenvalue weighted by molar-refractivity contribution is -0.136. The first-order valence-corrected chi connectivity index (χ1v) is 11.2. The number of nitrogens with zero attached hydrogens (tertiary/aromatic N) is 1. The van der Waals surface area contributed by atoms with Gasteiger partial charge in [-0.25, -0.2) is 13.1 Å². The van der Waals surface area contributed by atoms with Crippen molar-refractivity contribution in [2.24, 2.45) is 0 Å². The van der Waals surface area contributed by atoms with Crippen molar-refractivity contribution >= 4 is 32.9 Å². The van der Waals surface area contributed by atoms with Gasteiger partial charge in [0.2, 0.25) is 0 Å². The molecule has 154 valence electrons. The molecule has 0 spiro atoms. The molecule has 4 rings (SSSR count). The molecule has 1 aliphatic rings. The van der Waals surface area contributed by atoms with E-state index in [1.807, 2.05) is 0 Å². The second-order valence-electron chi connectivity index (χ2n) is 6.66. The van der Waals surface area contributed by atoms with E-state index in [0.29, 0.717) is 11.4 Å². The Labute approximate surface area is 170 Å². The van der Waals surface area contributed by atoms with Crippen LogP contribution in [-0.2, 0) is 28.1 Å². The minimum absolute atomic E-state index is 0.0240. The molecule has 0 saturated carbocycles. The first-order chi connectivity index (χ1) is 13.9. The molecule has 5 nitrogen and oxygen atoms in total. The lowest BCUT2D eigenvalue weighted by atomic mass is 10.1. The van der Waals surface area contributed by atoms with Gasteiger partial charge in [-0.1, -0.05) is 24.3 Å². The predicted octanol–water partition coefficient (Wildman–Crippen LogP) is 3.21. The number of halogens is 3. The smallest absolute Gasteiger partial charge is 0.315 e. The van der Waals surface area contributed by atoms with Gasteiger partial charge >= 0.3 is 6.18 Å². The largest absolute Gasteiger partial charge is 0.417 e. The number of rotatable bonds is 5. The zero-order valence-corrected chi connectivity index (χ0v) is 16.7. The van der Waals surface area contributed by atoms with Crippen LogP contribution in [0, 0.1) is 0 Å². The Morgan fingerprint density at radius 3 is 2.48 bits per heavy atom. The molecule has 2 aromatic carbocycles. The fraction of sp³-hybridized carbons (Fsp3) is 0.263. The number of nitrogens with one attached hydrogen (secondary N) is 2. The van der Waals surface area contributed by atoms with Gasteiger partial charge < -0.3 is 5.32 Å². The molecule has 1 aromatic heterocycles. The van der Waals surface area contributed by atoms with Gasteiger partial charge in [0.1, 0.15) is 11.0 Å². The minimum Gasteiger partial charge on any atom is -0.315 e. The number of hydrogen-bond donors (Lipinski definition) is 2. The average Bonchev–Trinajstić information content (AvgIpc) is 3.34. The van der Waals surface area contributed by atoms with Crippen molar-refractivity contribution in [1.29, 1.82) is 0 Å². The van der Waals surface area contributed by atoms with E-state index in [4.69, 9.17) is 0 Å². The van der Waals surface area contributed by atoms with Crippen LogP contribution >= 0.6 is 0 Å². The number of aromatic nitrogens is 1. The second kappa shape index (κ2) is 8.02. The highest BCUT2D eigenvalue weighted by atomic mass is 32.2. The van der Waals surface area contributed by atoms with Crippen LogP contribution in [0.5, 0.6) is 0 Å². The van der Waals surface area contributed by atoms with Crippen LogP contribution in [0.2, 0.25) is 0 Å². The van der Waals surface area contributed by atoms with Gasteiger partial charge in [-0.2, -0.15) is 13.2 Å². The molecule has 3 atom stereocenters. The van der Waals surface area contributed by atoms with Gasteiger partial charge in [0, 0.05) is 24.2 Å². The molecule has 0 aliphatic carbocycles. The fourth-order valence-corrected chi connectivity index (χ4v) is 5.81. The van der Waals surface area contributed by atoms with Crippen LogP contribution in [0.1, 0.15) is 12.0 Å². The second-order valence-corrected chi connectivity index (χ2v) is 9.23. The van der Waals surface area contributed by atoms with Gasteiger partial charge in [0.05, 0.1) is 20.9 Å². The number of benzene rings is 2. The Balaban J connectivity index is 1.87. The molecule has 1 saturated heterocycles. The molecular weight excluding hydrogens is 423 g/mol. The zero-order valence-electron chi connectivity index (χ0n) is 15.1. The molecule has 2 N–H and O–H groups in total. The molecule has 2 heterocycles. The predicted molar refractivity (Wildman–Crippen MR) is 106 cm³/mol. The monoisotopic (exact) mass is 441 g/mol. The summed E-state index contributed by atoms with van der Waals surface area (Å²) < 4.78 is 71.2. The standard InChI is InChI=1S/C19H18F3N3O2S2/c20-19(21,22)15-7-4-8-16-18(15)17(28(26)24-13-9-10-23-11-13)12-25(16)29(27)14-5-2-1-3-6-14/h1-8,12-13,23-24H,9-11H2. The molecule has 1 fully saturated rings. The summed E-state index contributed by atoms with van der Waals surface area (Å²) in [5.74, 6) is 0. The maximum atomic E-state index is 13.7. The third-order valence-corrected chi connectivity index (χ3v) is 7.31. The van der Waals surface area contributed by atoms with Crippen molar-refractivity contribution in [3.63, 3.8) is 0 Å². The Hall–Kier alpha value is -2.01. The van der Waals surface area contributed by atoms with Gasteiger partial charge in [0.15, 0.2) is 11.0 Å². The summed E-state index contributed by atoms with van der Waals surface area (Å²) in [5.41, 5.74) is -0.773. The fourth-order valence-electron chi connectivity index (χ4n) is 3.36. The normalized spacial score (nSPS) is 19.5. The Morgan fingerprint density at radius 2 is 1.83 bits per heavy atom. The van der Waals surface area contributed by atoms with Crippen molar-refractivity contribution in [1.82, 2.24) is 14.0 Å². The molecule has 3 unspecified atom stereocenters. The van der Waals surface area contributed by atoms with E-state index < -0.39 is 33.7 Å². The Bertz CT molecular complexity index is 1080. The molecule has 1 aliphatic heterocycles. The van der Waals surface area contributed by atoms with E-state index in [0.717, 1.165) is 19.0 Å². The van der Waals surface area contributed by atoms with E-state index in [1.54, 1.807) is 30.3 Å². The highest BCUT2D eigenvalue weighted by Gasteiger charge is 2.35. The van der Waals surface area contributed by atoms with Crippen LogP contribution in [0.15, 0.2) is 64.5 Å². The quantitative estimate of drug-likeness (QED) is 0.639. The van der Waals surface area contributed by atoms with Crippen LogP contribution in [-0.4, -0.2) is 31.5 Å². The molecule has 29 heavy (non-hydrogen) atoms. The third kappa shape index (κ3) is 4.02. The molecule has 3 aromatic rings. The van der Waals surface area contributed by atoms with Crippen LogP contribution in [0.4, 0.5) is 13.2 Å². The highest BCUT2D eigenvalue weighted by Crippen LogP contribution is 2.38. The van der Waals surface area contributed by atoms with Crippen LogP contribution < -0.4 is 10.0 Å². The molecule has 0 amide bonds. The zero-order chi connectivity index (χ0) is 20.6. The van der Waals surface area contributed by atoms with E-state index in [9.17, 15) is 21.6 Å². The van der Waals surface area contributed by atoms with E-state index in [2.05, 4.69) is 10.0 Å². The molecule has 0 bridgehead atoms. The molecule has 0 radical (unpaired) electrons. The van der Waals surface area contributed by atoms with Crippen molar-refractivity contribution in [2.75, 3.05) is 13.1 Å². The first kappa shape index (κ1) is 20.3. The van der Waals surface area contributed by atoms with Gasteiger partial charge in [-0.15, -0.1) is 0 Å². The topological polar surface area (TPSA) is 63.1 Å². The summed E-state index contributed by atoms with van der Waals surface area (Å²) in [6.07, 6.45) is -2.60. The third-order valence-electron chi connectivity index (χ3n) is 4.72. The maximum Gasteiger partial charge on any atom is 0.417 e. The number of hydrogen-bond acceptors (Lipinski definition) is 3. The summed E-state index contributed by atoms with van der Waals surface area (Å²) >= 11 is 0. The summed E-state index contributed by atoms with van der Waals surface area (Å²) in [7, 11) is -3.67. The van der Waals surface area contributed by atoms with Gasteiger partial charge in [0.25, 0.3) is 0 Å². The van der Waals surface area contributed by atoms with E-state index in [-0.39, 0.29) is 21.8 Å². The van der Waals surface area contributed by atoms with E-state index in [1.165, 1.54) is 22.3 Å². The van der Waals surface area contributed by atoms with Crippen molar-refractivity contribution in [3.05, 3.63) is 60.3 Å². The van der Waals surface area contributed by atoms with Crippen LogP contribution in [0.3, 0.4) is 0 Å². The number of fused-ring (bicyclic) bond motifs is 1. The summed E-state index contributed by atoms with van der Waals surface area (Å²) in [6, 6.07) is 12.0. The SMILES string of the molecule is O=S(NC1CCNC1)c1cn(S(=O)c2ccccc2)c2cccc(C(F)(F)F)c12. The minimum atomic E-state index is -4.63. The summed E-state index contributed by atoms with van der Waals surface area (Å²) in [4.78, 5) is 0.413. The van der Waals surface area contributed by atoms with Gasteiger partial charge in [-0.3, -0.25) is 3.97 Å². The lowest BCUT2D eigenvalue weighted by Gasteiger charge is -2.12. The van der Waals surface area contributed by atoms with Crippen molar-refractivity contribution in [3.8, 4) is 0 Å². The summed E-state index contributed by atoms with van der Waals surface area (Å²) in [6.45, 7) is 1.34. The van der Waals surface area contributed by atoms with Gasteiger partial charge in [-0.05, 0) is 37.2 Å². The van der Waals surface area contributed by atoms with Crippen LogP contribution in [0.25, 0.3) is 10.9 Å². The molecule has 10 heteroatoms. The Kier molecular flexibility index (Phi) is 5.60. The average molecular weight is 442 g/mol. The maximum absolute atomic E-state index is 13.7. The lowest BCUT2D eigenvalue weighted by Crippen LogP contribution is -2.32. The van der Waals surface area contributed by atoms with Crippen molar-refractivity contribution in [2.45, 2.75) is 28.4 Å². The first-order valence-electron chi connectivity index (χ1n) is 8.93. The number of alkyl halides is 3. The van der Waals surface area contributed by atoms with Crippen molar-refractivity contribution < 1.29 is 21.6 Å². The van der Waals surface area contributed by atoms with E-state index >= 15 is 0 Å².